The number of benzene rings is 2. The molecule has 0 fully saturated rings. The van der Waals surface area contributed by atoms with Crippen LogP contribution in [0.2, 0.25) is 0 Å². The van der Waals surface area contributed by atoms with Crippen molar-refractivity contribution >= 4 is 29.0 Å². The van der Waals surface area contributed by atoms with Crippen LogP contribution in [-0.4, -0.2) is 0 Å². The van der Waals surface area contributed by atoms with Gasteiger partial charge in [-0.2, -0.15) is 0 Å². The standard InChI is InChI=1S/C22H24/c1-6-9-10-19-13-14-20(15-16(4)7-2)22-18(8-3)12-11-17(5)21(19)22/h6-16H,2-3H2,1,4-5H3/b9-6-,19-10-,20-15-. The van der Waals surface area contributed by atoms with Crippen molar-refractivity contribution in [3.05, 3.63) is 77.2 Å². The van der Waals surface area contributed by atoms with Crippen LogP contribution in [0.5, 0.6) is 0 Å². The molecule has 2 rings (SSSR count). The van der Waals surface area contributed by atoms with Gasteiger partial charge in [-0.3, -0.25) is 0 Å². The van der Waals surface area contributed by atoms with Gasteiger partial charge in [0.05, 0.1) is 0 Å². The van der Waals surface area contributed by atoms with E-state index in [9.17, 15) is 0 Å². The number of hydrogen-bond acceptors (Lipinski definition) is 0. The van der Waals surface area contributed by atoms with Crippen LogP contribution < -0.4 is 10.4 Å². The third-order valence-corrected chi connectivity index (χ3v) is 3.97. The zero-order valence-electron chi connectivity index (χ0n) is 13.8. The van der Waals surface area contributed by atoms with E-state index in [0.717, 1.165) is 0 Å². The zero-order valence-corrected chi connectivity index (χ0v) is 13.8. The van der Waals surface area contributed by atoms with Crippen molar-refractivity contribution in [1.29, 1.82) is 0 Å². The van der Waals surface area contributed by atoms with Crippen molar-refractivity contribution in [3.8, 4) is 0 Å². The van der Waals surface area contributed by atoms with Crippen molar-refractivity contribution in [2.75, 3.05) is 0 Å². The van der Waals surface area contributed by atoms with Crippen LogP contribution in [0.1, 0.15) is 25.0 Å². The number of fused-ring (bicyclic) bond motifs is 1. The van der Waals surface area contributed by atoms with E-state index in [1.165, 1.54) is 32.3 Å². The molecule has 2 aromatic rings. The first-order valence-electron chi connectivity index (χ1n) is 7.74. The van der Waals surface area contributed by atoms with E-state index in [-0.39, 0.29) is 0 Å². The van der Waals surface area contributed by atoms with Gasteiger partial charge < -0.3 is 0 Å². The Morgan fingerprint density at radius 2 is 1.73 bits per heavy atom. The zero-order chi connectivity index (χ0) is 16.1. The summed E-state index contributed by atoms with van der Waals surface area (Å²) in [7, 11) is 0. The maximum atomic E-state index is 3.98. The van der Waals surface area contributed by atoms with Crippen LogP contribution in [0, 0.1) is 12.8 Å². The molecule has 0 aliphatic carbocycles. The molecule has 0 N–H and O–H groups in total. The number of rotatable bonds is 4. The molecule has 0 saturated heterocycles. The summed E-state index contributed by atoms with van der Waals surface area (Å²) >= 11 is 0. The van der Waals surface area contributed by atoms with Gasteiger partial charge >= 0.3 is 0 Å². The van der Waals surface area contributed by atoms with Crippen LogP contribution in [0.3, 0.4) is 0 Å². The summed E-state index contributed by atoms with van der Waals surface area (Å²) in [5, 5.41) is 5.08. The fourth-order valence-electron chi connectivity index (χ4n) is 2.75. The van der Waals surface area contributed by atoms with Gasteiger partial charge in [0.15, 0.2) is 0 Å². The first-order chi connectivity index (χ1) is 10.6. The van der Waals surface area contributed by atoms with Gasteiger partial charge in [-0.25, -0.2) is 0 Å². The lowest BCUT2D eigenvalue weighted by Crippen LogP contribution is -2.14. The van der Waals surface area contributed by atoms with Gasteiger partial charge in [-0.05, 0) is 52.1 Å². The highest BCUT2D eigenvalue weighted by molar-refractivity contribution is 5.94. The summed E-state index contributed by atoms with van der Waals surface area (Å²) in [6.45, 7) is 14.2. The van der Waals surface area contributed by atoms with E-state index in [1.54, 1.807) is 0 Å². The Labute approximate surface area is 133 Å². The lowest BCUT2D eigenvalue weighted by Gasteiger charge is -2.09. The van der Waals surface area contributed by atoms with Crippen LogP contribution in [0.25, 0.3) is 29.0 Å². The van der Waals surface area contributed by atoms with Crippen molar-refractivity contribution in [1.82, 2.24) is 0 Å². The second-order valence-electron chi connectivity index (χ2n) is 5.62. The number of hydrogen-bond donors (Lipinski definition) is 0. The van der Waals surface area contributed by atoms with Crippen molar-refractivity contribution in [2.24, 2.45) is 5.92 Å². The Morgan fingerprint density at radius 1 is 1.00 bits per heavy atom. The molecule has 0 nitrogen and oxygen atoms in total. The second kappa shape index (κ2) is 7.09. The van der Waals surface area contributed by atoms with Gasteiger partial charge in [0, 0.05) is 0 Å². The quantitative estimate of drug-likeness (QED) is 0.712. The highest BCUT2D eigenvalue weighted by Gasteiger charge is 2.05. The lowest BCUT2D eigenvalue weighted by atomic mass is 9.95. The molecule has 0 aliphatic heterocycles. The van der Waals surface area contributed by atoms with Crippen molar-refractivity contribution in [2.45, 2.75) is 20.8 Å². The van der Waals surface area contributed by atoms with Crippen molar-refractivity contribution < 1.29 is 0 Å². The van der Waals surface area contributed by atoms with Gasteiger partial charge in [0.2, 0.25) is 0 Å². The first kappa shape index (κ1) is 16.0. The third kappa shape index (κ3) is 3.12. The Hall–Kier alpha value is -2.34. The van der Waals surface area contributed by atoms with Gasteiger partial charge in [0.25, 0.3) is 0 Å². The minimum Gasteiger partial charge on any atom is -0.102 e. The lowest BCUT2D eigenvalue weighted by molar-refractivity contribution is 1.00. The maximum absolute atomic E-state index is 3.98. The Balaban J connectivity index is 3.04. The van der Waals surface area contributed by atoms with E-state index in [4.69, 9.17) is 0 Å². The molecule has 0 heterocycles. The van der Waals surface area contributed by atoms with Crippen LogP contribution >= 0.6 is 0 Å². The number of aryl methyl sites for hydroxylation is 1. The molecular weight excluding hydrogens is 264 g/mol. The molecule has 0 saturated carbocycles. The molecule has 0 heteroatoms. The molecule has 22 heavy (non-hydrogen) atoms. The van der Waals surface area contributed by atoms with E-state index < -0.39 is 0 Å². The molecule has 2 aromatic carbocycles. The molecule has 0 aromatic heterocycles. The summed E-state index contributed by atoms with van der Waals surface area (Å²) in [4.78, 5) is 0. The van der Waals surface area contributed by atoms with Crippen molar-refractivity contribution in [3.63, 3.8) is 0 Å². The minimum atomic E-state index is 0.340. The molecule has 0 spiro atoms. The fourth-order valence-corrected chi connectivity index (χ4v) is 2.75. The average Bonchev–Trinajstić information content (AvgIpc) is 2.54. The molecule has 0 aliphatic rings. The van der Waals surface area contributed by atoms with Gasteiger partial charge in [-0.15, -0.1) is 6.58 Å². The Bertz CT molecular complexity index is 848. The normalized spacial score (nSPS) is 14.7. The Kier molecular flexibility index (Phi) is 5.16. The van der Waals surface area contributed by atoms with E-state index in [2.05, 4.69) is 75.6 Å². The summed E-state index contributed by atoms with van der Waals surface area (Å²) < 4.78 is 0. The monoisotopic (exact) mass is 288 g/mol. The number of allylic oxidation sites excluding steroid dienone is 3. The van der Waals surface area contributed by atoms with Crippen LogP contribution in [-0.2, 0) is 0 Å². The molecular formula is C22H24. The molecule has 0 amide bonds. The first-order valence-corrected chi connectivity index (χ1v) is 7.74. The fraction of sp³-hybridized carbons (Fsp3) is 0.182. The second-order valence-corrected chi connectivity index (χ2v) is 5.62. The topological polar surface area (TPSA) is 0 Å². The minimum absolute atomic E-state index is 0.340. The Morgan fingerprint density at radius 3 is 2.36 bits per heavy atom. The maximum Gasteiger partial charge on any atom is -0.00334 e. The predicted octanol–water partition coefficient (Wildman–Crippen LogP) is 4.75. The summed E-state index contributed by atoms with van der Waals surface area (Å²) in [5.41, 5.74) is 2.47. The smallest absolute Gasteiger partial charge is 0.00334 e. The largest absolute Gasteiger partial charge is 0.102 e. The molecule has 0 radical (unpaired) electrons. The summed E-state index contributed by atoms with van der Waals surface area (Å²) in [5.74, 6) is 0.340. The summed E-state index contributed by atoms with van der Waals surface area (Å²) in [6.07, 6.45) is 12.5. The summed E-state index contributed by atoms with van der Waals surface area (Å²) in [6, 6.07) is 8.72. The molecule has 112 valence electrons. The average molecular weight is 288 g/mol. The predicted molar refractivity (Wildman–Crippen MR) is 101 cm³/mol. The molecule has 0 bridgehead atoms. The van der Waals surface area contributed by atoms with Gasteiger partial charge in [0.1, 0.15) is 0 Å². The third-order valence-electron chi connectivity index (χ3n) is 3.97. The van der Waals surface area contributed by atoms with Crippen LogP contribution in [0.15, 0.2) is 55.7 Å². The SMILES string of the molecule is C=Cc1ccc(C)c2/c(=C\C=C/C)cc/c(=C/C(C)C=C)c12. The van der Waals surface area contributed by atoms with E-state index in [0.29, 0.717) is 5.92 Å². The molecule has 1 unspecified atom stereocenters. The van der Waals surface area contributed by atoms with Crippen LogP contribution in [0.4, 0.5) is 0 Å². The molecule has 1 atom stereocenters. The van der Waals surface area contributed by atoms with E-state index in [1.807, 2.05) is 19.1 Å². The highest BCUT2D eigenvalue weighted by atomic mass is 14.1. The highest BCUT2D eigenvalue weighted by Crippen LogP contribution is 2.18. The van der Waals surface area contributed by atoms with Gasteiger partial charge in [-0.1, -0.05) is 74.2 Å². The van der Waals surface area contributed by atoms with E-state index >= 15 is 0 Å².